The molecule has 7 nitrogen and oxygen atoms in total. The molecule has 1 fully saturated rings. The molecule has 1 aromatic rings. The van der Waals surface area contributed by atoms with Gasteiger partial charge in [-0.05, 0) is 40.0 Å². The van der Waals surface area contributed by atoms with Crippen LogP contribution in [0, 0.1) is 0 Å². The van der Waals surface area contributed by atoms with E-state index in [0.29, 0.717) is 13.0 Å². The number of aryl methyl sites for hydroxylation is 1. The summed E-state index contributed by atoms with van der Waals surface area (Å²) in [5.74, 6) is -0.389. The topological polar surface area (TPSA) is 73.7 Å². The summed E-state index contributed by atoms with van der Waals surface area (Å²) in [7, 11) is 1.80. The van der Waals surface area contributed by atoms with Gasteiger partial charge in [-0.1, -0.05) is 0 Å². The lowest BCUT2D eigenvalue weighted by molar-refractivity contribution is -0.152. The van der Waals surface area contributed by atoms with Crippen LogP contribution in [-0.2, 0) is 27.9 Å². The second-order valence-corrected chi connectivity index (χ2v) is 6.82. The summed E-state index contributed by atoms with van der Waals surface area (Å²) in [5.41, 5.74) is 0.235. The normalized spacial score (nSPS) is 18.6. The number of rotatable bonds is 3. The van der Waals surface area contributed by atoms with Crippen molar-refractivity contribution in [3.63, 3.8) is 0 Å². The lowest BCUT2D eigenvalue weighted by atomic mass is 10.0. The summed E-state index contributed by atoms with van der Waals surface area (Å²) in [5, 5.41) is 4.03. The first-order valence-corrected chi connectivity index (χ1v) is 7.90. The monoisotopic (exact) mass is 323 g/mol. The van der Waals surface area contributed by atoms with E-state index < -0.39 is 17.7 Å². The summed E-state index contributed by atoms with van der Waals surface area (Å²) < 4.78 is 12.4. The van der Waals surface area contributed by atoms with E-state index in [2.05, 4.69) is 5.10 Å². The van der Waals surface area contributed by atoms with Crippen molar-refractivity contribution in [2.45, 2.75) is 58.3 Å². The highest BCUT2D eigenvalue weighted by atomic mass is 16.6. The average Bonchev–Trinajstić information content (AvgIpc) is 2.88. The van der Waals surface area contributed by atoms with Crippen molar-refractivity contribution in [2.75, 3.05) is 6.54 Å². The molecule has 1 aliphatic rings. The third-order valence-electron chi connectivity index (χ3n) is 3.54. The molecule has 2 rings (SSSR count). The minimum absolute atomic E-state index is 0.158. The van der Waals surface area contributed by atoms with Crippen LogP contribution in [0.2, 0.25) is 0 Å². The maximum absolute atomic E-state index is 12.4. The van der Waals surface area contributed by atoms with Crippen LogP contribution in [-0.4, -0.2) is 44.9 Å². The van der Waals surface area contributed by atoms with Crippen molar-refractivity contribution in [3.8, 4) is 0 Å². The van der Waals surface area contributed by atoms with Gasteiger partial charge < -0.3 is 9.47 Å². The van der Waals surface area contributed by atoms with Crippen molar-refractivity contribution in [1.82, 2.24) is 14.7 Å². The molecule has 0 aliphatic carbocycles. The second-order valence-electron chi connectivity index (χ2n) is 6.82. The first-order chi connectivity index (χ1) is 10.8. The number of carbonyl (C=O) groups is 2. The molecule has 1 atom stereocenters. The molecule has 7 heteroatoms. The number of hydrogen-bond acceptors (Lipinski definition) is 5. The van der Waals surface area contributed by atoms with Gasteiger partial charge in [-0.3, -0.25) is 9.58 Å². The van der Waals surface area contributed by atoms with Crippen LogP contribution in [0.1, 0.15) is 45.6 Å². The Labute approximate surface area is 136 Å². The van der Waals surface area contributed by atoms with Crippen molar-refractivity contribution in [2.24, 2.45) is 7.05 Å². The highest BCUT2D eigenvalue weighted by Gasteiger charge is 2.35. The summed E-state index contributed by atoms with van der Waals surface area (Å²) in [4.78, 5) is 26.1. The van der Waals surface area contributed by atoms with E-state index >= 15 is 0 Å². The second kappa shape index (κ2) is 7.02. The van der Waals surface area contributed by atoms with E-state index in [1.165, 1.54) is 4.90 Å². The van der Waals surface area contributed by atoms with E-state index in [1.54, 1.807) is 24.1 Å². The Morgan fingerprint density at radius 2 is 2.09 bits per heavy atom. The highest BCUT2D eigenvalue weighted by Crippen LogP contribution is 2.21. The van der Waals surface area contributed by atoms with Gasteiger partial charge in [0.05, 0.1) is 6.20 Å². The molecule has 128 valence electrons. The number of ether oxygens (including phenoxy) is 2. The number of amides is 1. The Morgan fingerprint density at radius 1 is 1.35 bits per heavy atom. The van der Waals surface area contributed by atoms with Crippen molar-refractivity contribution in [1.29, 1.82) is 0 Å². The molecule has 0 N–H and O–H groups in total. The third-order valence-corrected chi connectivity index (χ3v) is 3.54. The number of aromatic nitrogens is 2. The van der Waals surface area contributed by atoms with Crippen LogP contribution >= 0.6 is 0 Å². The van der Waals surface area contributed by atoms with Crippen LogP contribution < -0.4 is 0 Å². The fraction of sp³-hybridized carbons (Fsp3) is 0.688. The van der Waals surface area contributed by atoms with E-state index in [9.17, 15) is 9.59 Å². The quantitative estimate of drug-likeness (QED) is 0.798. The minimum atomic E-state index is -0.585. The zero-order valence-electron chi connectivity index (χ0n) is 14.2. The molecule has 0 radical (unpaired) electrons. The number of likely N-dealkylation sites (tertiary alicyclic amines) is 1. The molecular weight excluding hydrogens is 298 g/mol. The van der Waals surface area contributed by atoms with Crippen LogP contribution in [0.15, 0.2) is 12.4 Å². The molecule has 1 saturated heterocycles. The average molecular weight is 323 g/mol. The van der Waals surface area contributed by atoms with Crippen LogP contribution in [0.5, 0.6) is 0 Å². The van der Waals surface area contributed by atoms with Gasteiger partial charge in [0.15, 0.2) is 0 Å². The van der Waals surface area contributed by atoms with Gasteiger partial charge in [0, 0.05) is 25.4 Å². The lowest BCUT2D eigenvalue weighted by Gasteiger charge is -2.35. The number of nitrogens with zero attached hydrogens (tertiary/aromatic N) is 3. The molecule has 1 aromatic heterocycles. The molecule has 1 aliphatic heterocycles. The molecule has 0 spiro atoms. The first kappa shape index (κ1) is 17.3. The van der Waals surface area contributed by atoms with Crippen LogP contribution in [0.25, 0.3) is 0 Å². The summed E-state index contributed by atoms with van der Waals surface area (Å²) >= 11 is 0. The number of hydrogen-bond donors (Lipinski definition) is 0. The van der Waals surface area contributed by atoms with Gasteiger partial charge in [-0.15, -0.1) is 0 Å². The van der Waals surface area contributed by atoms with E-state index in [4.69, 9.17) is 9.47 Å². The molecule has 0 saturated carbocycles. The molecule has 2 heterocycles. The Morgan fingerprint density at radius 3 is 2.70 bits per heavy atom. The summed E-state index contributed by atoms with van der Waals surface area (Å²) in [6, 6.07) is -0.574. The van der Waals surface area contributed by atoms with E-state index in [1.807, 2.05) is 20.8 Å². The zero-order valence-corrected chi connectivity index (χ0v) is 14.2. The SMILES string of the molecule is Cn1cc(COC(=O)[C@H]2CCCCN2C(=O)OC(C)(C)C)cn1. The predicted molar refractivity (Wildman–Crippen MR) is 83.6 cm³/mol. The Kier molecular flexibility index (Phi) is 5.28. The molecule has 1 amide bonds. The standard InChI is InChI=1S/C16H25N3O4/c1-16(2,3)23-15(21)19-8-6-5-7-13(19)14(20)22-11-12-9-17-18(4)10-12/h9-10,13H,5-8,11H2,1-4H3/t13-/m1/s1. The Balaban J connectivity index is 1.96. The van der Waals surface area contributed by atoms with Crippen molar-refractivity contribution >= 4 is 12.1 Å². The predicted octanol–water partition coefficient (Wildman–Crippen LogP) is 2.25. The van der Waals surface area contributed by atoms with Gasteiger partial charge in [-0.2, -0.15) is 5.10 Å². The Bertz CT molecular complexity index is 562. The third kappa shape index (κ3) is 4.97. The van der Waals surface area contributed by atoms with Gasteiger partial charge in [-0.25, -0.2) is 9.59 Å². The van der Waals surface area contributed by atoms with Crippen molar-refractivity contribution < 1.29 is 19.1 Å². The summed E-state index contributed by atoms with van der Waals surface area (Å²) in [6.45, 7) is 6.10. The maximum atomic E-state index is 12.4. The van der Waals surface area contributed by atoms with Crippen LogP contribution in [0.4, 0.5) is 4.79 Å². The lowest BCUT2D eigenvalue weighted by Crippen LogP contribution is -2.50. The zero-order chi connectivity index (χ0) is 17.0. The smallest absolute Gasteiger partial charge is 0.411 e. The summed E-state index contributed by atoms with van der Waals surface area (Å²) in [6.07, 6.45) is 5.35. The molecule has 0 aromatic carbocycles. The van der Waals surface area contributed by atoms with Crippen molar-refractivity contribution in [3.05, 3.63) is 18.0 Å². The van der Waals surface area contributed by atoms with E-state index in [-0.39, 0.29) is 12.6 Å². The number of carbonyl (C=O) groups excluding carboxylic acids is 2. The fourth-order valence-electron chi connectivity index (χ4n) is 2.51. The fourth-order valence-corrected chi connectivity index (χ4v) is 2.51. The molecule has 0 bridgehead atoms. The maximum Gasteiger partial charge on any atom is 0.411 e. The molecule has 0 unspecified atom stereocenters. The minimum Gasteiger partial charge on any atom is -0.459 e. The molecule has 23 heavy (non-hydrogen) atoms. The van der Waals surface area contributed by atoms with Gasteiger partial charge >= 0.3 is 12.1 Å². The number of piperidine rings is 1. The van der Waals surface area contributed by atoms with Crippen LogP contribution in [0.3, 0.4) is 0 Å². The van der Waals surface area contributed by atoms with E-state index in [0.717, 1.165) is 18.4 Å². The van der Waals surface area contributed by atoms with Gasteiger partial charge in [0.25, 0.3) is 0 Å². The molecular formula is C16H25N3O4. The first-order valence-electron chi connectivity index (χ1n) is 7.90. The van der Waals surface area contributed by atoms with Gasteiger partial charge in [0.1, 0.15) is 18.2 Å². The van der Waals surface area contributed by atoms with Gasteiger partial charge in [0.2, 0.25) is 0 Å². The number of esters is 1. The highest BCUT2D eigenvalue weighted by molar-refractivity contribution is 5.81. The largest absolute Gasteiger partial charge is 0.459 e. The Hall–Kier alpha value is -2.05.